The van der Waals surface area contributed by atoms with E-state index in [0.29, 0.717) is 0 Å². The fourth-order valence-corrected chi connectivity index (χ4v) is 1.41. The van der Waals surface area contributed by atoms with Crippen molar-refractivity contribution in [2.75, 3.05) is 6.51 Å². The number of hydrogen-bond acceptors (Lipinski definition) is 6. The quantitative estimate of drug-likeness (QED) is 0.469. The number of hydrogen-bond donors (Lipinski definition) is 4. The van der Waals surface area contributed by atoms with E-state index >= 15 is 0 Å². The smallest absolute Gasteiger partial charge is 0.467 e. The summed E-state index contributed by atoms with van der Waals surface area (Å²) in [4.78, 5) is 10.9. The number of carbonyl (C=O) groups is 1. The maximum atomic E-state index is 10.9. The molecule has 2 rings (SSSR count). The second-order valence-corrected chi connectivity index (χ2v) is 3.38. The van der Waals surface area contributed by atoms with Crippen LogP contribution in [-0.2, 0) is 0 Å². The maximum absolute atomic E-state index is 10.9. The lowest BCUT2D eigenvalue weighted by Gasteiger charge is -2.36. The molecule has 8 heteroatoms. The van der Waals surface area contributed by atoms with Crippen LogP contribution >= 0.6 is 0 Å². The summed E-state index contributed by atoms with van der Waals surface area (Å²) in [7, 11) is 0. The van der Waals surface area contributed by atoms with Gasteiger partial charge in [0.05, 0.1) is 6.51 Å². The summed E-state index contributed by atoms with van der Waals surface area (Å²) in [5.41, 5.74) is -0.563. The van der Waals surface area contributed by atoms with Crippen LogP contribution in [0.1, 0.15) is 10.4 Å². The third kappa shape index (κ3) is 1.64. The first kappa shape index (κ1) is 10.6. The number of aromatic carboxylic acids is 1. The number of carboxylic acid groups (broad SMARTS) is 1. The Labute approximate surface area is 89.5 Å². The summed E-state index contributed by atoms with van der Waals surface area (Å²) >= 11 is 0. The zero-order valence-corrected chi connectivity index (χ0v) is 7.95. The number of rotatable bonds is 1. The van der Waals surface area contributed by atoms with E-state index in [-0.39, 0.29) is 11.5 Å². The van der Waals surface area contributed by atoms with E-state index in [2.05, 4.69) is 0 Å². The van der Waals surface area contributed by atoms with Gasteiger partial charge >= 0.3 is 12.7 Å². The largest absolute Gasteiger partial charge is 0.665 e. The molecule has 0 aliphatic carbocycles. The maximum Gasteiger partial charge on any atom is 0.467 e. The molecule has 0 fully saturated rings. The normalized spacial score (nSPS) is 16.9. The first-order valence-electron chi connectivity index (χ1n) is 4.42. The van der Waals surface area contributed by atoms with Crippen LogP contribution in [0.3, 0.4) is 0 Å². The molecule has 0 bridgehead atoms. The highest BCUT2D eigenvalue weighted by Gasteiger charge is 2.34. The van der Waals surface area contributed by atoms with E-state index in [9.17, 15) is 19.9 Å². The predicted octanol–water partition coefficient (Wildman–Crippen LogP) is -0.676. The van der Waals surface area contributed by atoms with Gasteiger partial charge in [0.2, 0.25) is 0 Å². The van der Waals surface area contributed by atoms with Gasteiger partial charge in [-0.25, -0.2) is 4.79 Å². The van der Waals surface area contributed by atoms with Crippen molar-refractivity contribution in [1.29, 1.82) is 0 Å². The summed E-state index contributed by atoms with van der Waals surface area (Å²) in [5, 5.41) is 36.6. The summed E-state index contributed by atoms with van der Waals surface area (Å²) in [5.74, 6) is -2.34. The first-order chi connectivity index (χ1) is 7.41. The van der Waals surface area contributed by atoms with Crippen LogP contribution < -0.4 is 9.39 Å². The number of carboxylic acids is 1. The van der Waals surface area contributed by atoms with E-state index in [0.717, 1.165) is 6.07 Å². The van der Waals surface area contributed by atoms with Gasteiger partial charge in [0.25, 0.3) is 0 Å². The van der Waals surface area contributed by atoms with E-state index in [1.54, 1.807) is 0 Å². The van der Waals surface area contributed by atoms with Gasteiger partial charge in [-0.1, -0.05) is 0 Å². The van der Waals surface area contributed by atoms with E-state index in [1.807, 2.05) is 0 Å². The van der Waals surface area contributed by atoms with Crippen LogP contribution in [0.5, 0.6) is 17.2 Å². The lowest BCUT2D eigenvalue weighted by Crippen LogP contribution is -2.51. The third-order valence-corrected chi connectivity index (χ3v) is 2.08. The fraction of sp³-hybridized carbons (Fsp3) is 0.125. The molecule has 1 heterocycles. The number of ether oxygens (including phenoxy) is 1. The topological polar surface area (TPSA) is 116 Å². The summed E-state index contributed by atoms with van der Waals surface area (Å²) < 4.78 is 9.61. The van der Waals surface area contributed by atoms with Crippen molar-refractivity contribution in [3.05, 3.63) is 17.7 Å². The number of phenols is 1. The Morgan fingerprint density at radius 1 is 1.38 bits per heavy atom. The van der Waals surface area contributed by atoms with Crippen LogP contribution in [0, 0.1) is 0 Å². The molecular formula is C8H8BO7-. The van der Waals surface area contributed by atoms with Crippen LogP contribution in [0.4, 0.5) is 0 Å². The Balaban J connectivity index is 2.58. The molecule has 86 valence electrons. The molecule has 1 aromatic rings. The van der Waals surface area contributed by atoms with Crippen molar-refractivity contribution in [1.82, 2.24) is 0 Å². The number of aromatic hydroxyl groups is 1. The summed E-state index contributed by atoms with van der Waals surface area (Å²) in [6, 6.07) is 2.41. The second kappa shape index (κ2) is 3.29. The Kier molecular flexibility index (Phi) is 2.18. The van der Waals surface area contributed by atoms with Crippen molar-refractivity contribution in [3.63, 3.8) is 0 Å². The van der Waals surface area contributed by atoms with Crippen molar-refractivity contribution >= 4 is 12.7 Å². The van der Waals surface area contributed by atoms with Gasteiger partial charge in [-0.15, -0.1) is 0 Å². The van der Waals surface area contributed by atoms with Crippen molar-refractivity contribution in [2.45, 2.75) is 0 Å². The Bertz CT molecular complexity index is 456. The number of benzene rings is 1. The van der Waals surface area contributed by atoms with Gasteiger partial charge < -0.3 is 29.7 Å². The lowest BCUT2D eigenvalue weighted by atomic mass is 9.80. The molecule has 0 atom stereocenters. The van der Waals surface area contributed by atoms with Crippen LogP contribution in [0.2, 0.25) is 0 Å². The highest BCUT2D eigenvalue weighted by atomic mass is 16.7. The molecule has 0 amide bonds. The lowest BCUT2D eigenvalue weighted by molar-refractivity contribution is 0.0687. The minimum Gasteiger partial charge on any atom is -0.665 e. The molecule has 0 radical (unpaired) electrons. The number of fused-ring (bicyclic) bond motifs is 1. The molecular weight excluding hydrogens is 219 g/mol. The Hall–Kier alpha value is -1.93. The highest BCUT2D eigenvalue weighted by molar-refractivity contribution is 6.58. The summed E-state index contributed by atoms with van der Waals surface area (Å²) in [6.45, 7) is -3.74. The monoisotopic (exact) mass is 227 g/mol. The molecule has 7 nitrogen and oxygen atoms in total. The molecule has 1 aliphatic rings. The van der Waals surface area contributed by atoms with Gasteiger partial charge in [-0.2, -0.15) is 0 Å². The zero-order valence-electron chi connectivity index (χ0n) is 7.95. The van der Waals surface area contributed by atoms with Crippen molar-refractivity contribution < 1.29 is 34.4 Å². The fourth-order valence-electron chi connectivity index (χ4n) is 1.41. The molecule has 1 aliphatic heterocycles. The SMILES string of the molecule is O=C(O)c1c(O)ccc2c1O[B-](O)(O)CO2. The Morgan fingerprint density at radius 3 is 2.69 bits per heavy atom. The van der Waals surface area contributed by atoms with Gasteiger partial charge in [0, 0.05) is 0 Å². The zero-order chi connectivity index (χ0) is 11.9. The molecule has 0 saturated heterocycles. The van der Waals surface area contributed by atoms with Gasteiger partial charge in [-0.05, 0) is 12.1 Å². The van der Waals surface area contributed by atoms with Crippen LogP contribution in [-0.4, -0.2) is 39.5 Å². The van der Waals surface area contributed by atoms with E-state index < -0.39 is 30.5 Å². The standard InChI is InChI=1S/C8H8BO7/c10-4-1-2-5-7(6(4)8(11)12)16-9(13,14)3-15-5/h1-2,10,13-14H,3H2,(H,11,12)/q-1. The van der Waals surface area contributed by atoms with Crippen LogP contribution in [0.15, 0.2) is 12.1 Å². The van der Waals surface area contributed by atoms with E-state index in [1.165, 1.54) is 6.07 Å². The van der Waals surface area contributed by atoms with E-state index in [4.69, 9.17) is 14.5 Å². The average molecular weight is 227 g/mol. The van der Waals surface area contributed by atoms with Crippen molar-refractivity contribution in [3.8, 4) is 17.2 Å². The van der Waals surface area contributed by atoms with Gasteiger partial charge in [0.1, 0.15) is 17.1 Å². The highest BCUT2D eigenvalue weighted by Crippen LogP contribution is 2.40. The molecule has 1 aromatic carbocycles. The second-order valence-electron chi connectivity index (χ2n) is 3.38. The average Bonchev–Trinajstić information content (AvgIpc) is 2.15. The molecule has 0 saturated carbocycles. The van der Waals surface area contributed by atoms with Gasteiger partial charge in [-0.3, -0.25) is 0 Å². The minimum absolute atomic E-state index is 0.0378. The Morgan fingerprint density at radius 2 is 2.06 bits per heavy atom. The summed E-state index contributed by atoms with van der Waals surface area (Å²) in [6.07, 6.45) is 0. The first-order valence-corrected chi connectivity index (χ1v) is 4.42. The predicted molar refractivity (Wildman–Crippen MR) is 51.4 cm³/mol. The molecule has 0 unspecified atom stereocenters. The van der Waals surface area contributed by atoms with Gasteiger partial charge in [0.15, 0.2) is 5.75 Å². The molecule has 0 aromatic heterocycles. The third-order valence-electron chi connectivity index (χ3n) is 2.08. The molecule has 4 N–H and O–H groups in total. The molecule has 0 spiro atoms. The van der Waals surface area contributed by atoms with Crippen molar-refractivity contribution in [2.24, 2.45) is 0 Å². The van der Waals surface area contributed by atoms with Crippen LogP contribution in [0.25, 0.3) is 0 Å². The molecule has 16 heavy (non-hydrogen) atoms. The minimum atomic E-state index is -3.25.